The van der Waals surface area contributed by atoms with Crippen LogP contribution in [0.4, 0.5) is 0 Å². The third-order valence-electron chi connectivity index (χ3n) is 2.17. The third kappa shape index (κ3) is 4.21. The molecule has 0 saturated heterocycles. The van der Waals surface area contributed by atoms with Crippen molar-refractivity contribution < 1.29 is 19.1 Å². The molecule has 0 radical (unpaired) electrons. The number of rotatable bonds is 6. The van der Waals surface area contributed by atoms with Crippen molar-refractivity contribution in [2.75, 3.05) is 13.2 Å². The molecule has 0 fully saturated rings. The molecule has 1 heterocycles. The lowest BCUT2D eigenvalue weighted by molar-refractivity contribution is -0.138. The molecule has 0 saturated carbocycles. The minimum Gasteiger partial charge on any atom is -0.500 e. The molecule has 0 aromatic carbocycles. The number of hydrogen-bond donors (Lipinski definition) is 0. The fourth-order valence-corrected chi connectivity index (χ4v) is 1.65. The van der Waals surface area contributed by atoms with Crippen molar-refractivity contribution in [3.63, 3.8) is 0 Å². The van der Waals surface area contributed by atoms with E-state index in [-0.39, 0.29) is 27.9 Å². The topological polar surface area (TPSA) is 65.5 Å². The molecule has 5 nitrogen and oxygen atoms in total. The number of ketones is 1. The lowest BCUT2D eigenvalue weighted by Gasteiger charge is -2.08. The zero-order chi connectivity index (χ0) is 15.1. The number of halogens is 2. The number of nitrogens with zero attached hydrogens (tertiary/aromatic N) is 1. The van der Waals surface area contributed by atoms with Gasteiger partial charge in [-0.3, -0.25) is 4.79 Å². The smallest absolute Gasteiger partial charge is 0.345 e. The maximum atomic E-state index is 12.3. The first-order valence-electron chi connectivity index (χ1n) is 5.85. The van der Waals surface area contributed by atoms with Crippen LogP contribution in [-0.4, -0.2) is 30.0 Å². The summed E-state index contributed by atoms with van der Waals surface area (Å²) in [7, 11) is 0. The Hall–Kier alpha value is -1.59. The number of aromatic nitrogens is 1. The molecule has 1 aromatic heterocycles. The first-order chi connectivity index (χ1) is 9.51. The van der Waals surface area contributed by atoms with Gasteiger partial charge in [0.25, 0.3) is 0 Å². The van der Waals surface area contributed by atoms with E-state index >= 15 is 0 Å². The van der Waals surface area contributed by atoms with Crippen LogP contribution < -0.4 is 0 Å². The predicted molar refractivity (Wildman–Crippen MR) is 74.9 cm³/mol. The summed E-state index contributed by atoms with van der Waals surface area (Å²) >= 11 is 11.6. The highest BCUT2D eigenvalue weighted by Crippen LogP contribution is 2.22. The van der Waals surface area contributed by atoms with Crippen molar-refractivity contribution in [3.05, 3.63) is 39.8 Å². The van der Waals surface area contributed by atoms with E-state index in [0.29, 0.717) is 6.61 Å². The minimum atomic E-state index is -0.782. The van der Waals surface area contributed by atoms with Crippen molar-refractivity contribution in [3.8, 4) is 0 Å². The molecule has 0 atom stereocenters. The number of pyridine rings is 1. The summed E-state index contributed by atoms with van der Waals surface area (Å²) in [6, 6.07) is 1.28. The number of ether oxygens (including phenoxy) is 2. The number of esters is 1. The first kappa shape index (κ1) is 16.5. The van der Waals surface area contributed by atoms with Crippen molar-refractivity contribution in [1.29, 1.82) is 0 Å². The average Bonchev–Trinajstić information content (AvgIpc) is 2.42. The highest BCUT2D eigenvalue weighted by atomic mass is 35.5. The normalized spacial score (nSPS) is 11.1. The van der Waals surface area contributed by atoms with E-state index in [1.165, 1.54) is 12.3 Å². The SMILES string of the molecule is CCOC=C(C(=O)OCC)C(=O)c1cc(Cl)ncc1Cl. The fourth-order valence-electron chi connectivity index (χ4n) is 1.30. The van der Waals surface area contributed by atoms with Gasteiger partial charge in [-0.05, 0) is 19.9 Å². The molecule has 0 spiro atoms. The monoisotopic (exact) mass is 317 g/mol. The van der Waals surface area contributed by atoms with Gasteiger partial charge < -0.3 is 9.47 Å². The molecule has 1 rings (SSSR count). The van der Waals surface area contributed by atoms with Gasteiger partial charge in [-0.2, -0.15) is 0 Å². The average molecular weight is 318 g/mol. The Morgan fingerprint density at radius 3 is 2.60 bits per heavy atom. The van der Waals surface area contributed by atoms with Crippen LogP contribution in [0, 0.1) is 0 Å². The van der Waals surface area contributed by atoms with Crippen LogP contribution in [-0.2, 0) is 14.3 Å². The van der Waals surface area contributed by atoms with E-state index in [2.05, 4.69) is 4.98 Å². The number of carbonyl (C=O) groups excluding carboxylic acids is 2. The quantitative estimate of drug-likeness (QED) is 0.153. The van der Waals surface area contributed by atoms with Gasteiger partial charge in [-0.25, -0.2) is 9.78 Å². The number of Topliss-reactive ketones (excluding diaryl/α,β-unsaturated/α-hetero) is 1. The molecule has 0 unspecified atom stereocenters. The zero-order valence-corrected chi connectivity index (χ0v) is 12.5. The summed E-state index contributed by atoms with van der Waals surface area (Å²) in [5, 5.41) is 0.184. The van der Waals surface area contributed by atoms with Crippen LogP contribution in [0.3, 0.4) is 0 Å². The van der Waals surface area contributed by atoms with Gasteiger partial charge in [0.1, 0.15) is 17.0 Å². The van der Waals surface area contributed by atoms with Gasteiger partial charge >= 0.3 is 5.97 Å². The molecule has 7 heteroatoms. The molecule has 0 aliphatic carbocycles. The van der Waals surface area contributed by atoms with Gasteiger partial charge in [0.15, 0.2) is 0 Å². The molecule has 0 aliphatic heterocycles. The van der Waals surface area contributed by atoms with Crippen LogP contribution in [0.25, 0.3) is 0 Å². The second-order valence-corrected chi connectivity index (χ2v) is 4.32. The fraction of sp³-hybridized carbons (Fsp3) is 0.308. The summed E-state index contributed by atoms with van der Waals surface area (Å²) in [6.45, 7) is 3.80. The van der Waals surface area contributed by atoms with Crippen LogP contribution in [0.5, 0.6) is 0 Å². The van der Waals surface area contributed by atoms with Crippen molar-refractivity contribution in [1.82, 2.24) is 4.98 Å². The van der Waals surface area contributed by atoms with Crippen LogP contribution in [0.1, 0.15) is 24.2 Å². The Morgan fingerprint density at radius 1 is 1.30 bits per heavy atom. The van der Waals surface area contributed by atoms with Gasteiger partial charge in [0, 0.05) is 11.8 Å². The molecule has 0 amide bonds. The lowest BCUT2D eigenvalue weighted by Crippen LogP contribution is -2.17. The minimum absolute atomic E-state index is 0.0608. The zero-order valence-electron chi connectivity index (χ0n) is 11.0. The second-order valence-electron chi connectivity index (χ2n) is 3.52. The number of hydrogen-bond acceptors (Lipinski definition) is 5. The van der Waals surface area contributed by atoms with Gasteiger partial charge in [0.2, 0.25) is 5.78 Å². The van der Waals surface area contributed by atoms with Crippen LogP contribution >= 0.6 is 23.2 Å². The molecule has 0 N–H and O–H groups in total. The molecule has 20 heavy (non-hydrogen) atoms. The molecule has 0 aliphatic rings. The summed E-state index contributed by atoms with van der Waals surface area (Å²) < 4.78 is 9.81. The van der Waals surface area contributed by atoms with Crippen LogP contribution in [0.2, 0.25) is 10.2 Å². The van der Waals surface area contributed by atoms with E-state index in [0.717, 1.165) is 6.26 Å². The van der Waals surface area contributed by atoms with Crippen molar-refractivity contribution in [2.24, 2.45) is 0 Å². The van der Waals surface area contributed by atoms with Crippen molar-refractivity contribution >= 4 is 35.0 Å². The summed E-state index contributed by atoms with van der Waals surface area (Å²) in [6.07, 6.45) is 2.30. The van der Waals surface area contributed by atoms with Gasteiger partial charge in [-0.1, -0.05) is 23.2 Å². The van der Waals surface area contributed by atoms with E-state index in [1.54, 1.807) is 13.8 Å². The molecule has 108 valence electrons. The Bertz CT molecular complexity index is 543. The maximum absolute atomic E-state index is 12.3. The molecule has 0 bridgehead atoms. The Balaban J connectivity index is 3.16. The van der Waals surface area contributed by atoms with E-state index in [1.807, 2.05) is 0 Å². The predicted octanol–water partition coefficient (Wildman–Crippen LogP) is 3.05. The van der Waals surface area contributed by atoms with Gasteiger partial charge in [0.05, 0.1) is 18.2 Å². The lowest BCUT2D eigenvalue weighted by atomic mass is 10.1. The molecular formula is C13H13Cl2NO4. The van der Waals surface area contributed by atoms with Gasteiger partial charge in [-0.15, -0.1) is 0 Å². The summed E-state index contributed by atoms with van der Waals surface area (Å²) in [4.78, 5) is 27.8. The Labute approximate surface area is 126 Å². The molecule has 1 aromatic rings. The Morgan fingerprint density at radius 2 is 2.00 bits per heavy atom. The summed E-state index contributed by atoms with van der Waals surface area (Å²) in [5.41, 5.74) is -0.191. The third-order valence-corrected chi connectivity index (χ3v) is 2.68. The first-order valence-corrected chi connectivity index (χ1v) is 6.61. The van der Waals surface area contributed by atoms with E-state index < -0.39 is 11.8 Å². The van der Waals surface area contributed by atoms with Crippen LogP contribution in [0.15, 0.2) is 24.1 Å². The van der Waals surface area contributed by atoms with E-state index in [4.69, 9.17) is 32.7 Å². The highest BCUT2D eigenvalue weighted by Gasteiger charge is 2.24. The number of carbonyl (C=O) groups is 2. The maximum Gasteiger partial charge on any atom is 0.345 e. The highest BCUT2D eigenvalue weighted by molar-refractivity contribution is 6.37. The summed E-state index contributed by atoms with van der Waals surface area (Å²) in [5.74, 6) is -1.42. The van der Waals surface area contributed by atoms with E-state index in [9.17, 15) is 9.59 Å². The second kappa shape index (κ2) is 7.87. The largest absolute Gasteiger partial charge is 0.500 e. The Kier molecular flexibility index (Phi) is 6.48. The van der Waals surface area contributed by atoms with Crippen molar-refractivity contribution in [2.45, 2.75) is 13.8 Å². The standard InChI is InChI=1S/C13H13Cl2NO4/c1-3-19-7-9(13(18)20-4-2)12(17)8-5-11(15)16-6-10(8)14/h5-7H,3-4H2,1-2H3. The molecular weight excluding hydrogens is 305 g/mol.